The quantitative estimate of drug-likeness (QED) is 0.404. The first-order valence-electron chi connectivity index (χ1n) is 4.96. The minimum absolute atomic E-state index is 0.838. The van der Waals surface area contributed by atoms with Crippen molar-refractivity contribution in [2.24, 2.45) is 0 Å². The van der Waals surface area contributed by atoms with Gasteiger partial charge in [0.1, 0.15) is 0 Å². The number of hydrogen-bond acceptors (Lipinski definition) is 0. The van der Waals surface area contributed by atoms with Gasteiger partial charge in [-0.05, 0) is 19.0 Å². The summed E-state index contributed by atoms with van der Waals surface area (Å²) in [4.78, 5) is 0. The highest BCUT2D eigenvalue weighted by Gasteiger charge is 1.93. The summed E-state index contributed by atoms with van der Waals surface area (Å²) in [5, 5.41) is 0. The van der Waals surface area contributed by atoms with Crippen molar-refractivity contribution < 1.29 is 0 Å². The van der Waals surface area contributed by atoms with Crippen molar-refractivity contribution in [1.82, 2.24) is 0 Å². The molecule has 0 aromatic rings. The van der Waals surface area contributed by atoms with E-state index in [1.165, 1.54) is 52.7 Å². The van der Waals surface area contributed by atoms with E-state index in [-0.39, 0.29) is 0 Å². The van der Waals surface area contributed by atoms with Crippen molar-refractivity contribution in [2.75, 3.05) is 12.3 Å². The lowest BCUT2D eigenvalue weighted by molar-refractivity contribution is 0.706. The summed E-state index contributed by atoms with van der Waals surface area (Å²) in [5.74, 6) is 0. The van der Waals surface area contributed by atoms with Crippen LogP contribution < -0.4 is 0 Å². The molecule has 0 saturated heterocycles. The van der Waals surface area contributed by atoms with Crippen LogP contribution in [0, 0.1) is 0 Å². The Labute approximate surface area is 75.4 Å². The second kappa shape index (κ2) is 10.9. The summed E-state index contributed by atoms with van der Waals surface area (Å²) in [6.07, 6.45) is 10.3. The van der Waals surface area contributed by atoms with Crippen LogP contribution in [0.25, 0.3) is 0 Å². The third kappa shape index (κ3) is 10.9. The Morgan fingerprint density at radius 1 is 1.00 bits per heavy atom. The van der Waals surface area contributed by atoms with Crippen LogP contribution in [0.3, 0.4) is 0 Å². The van der Waals surface area contributed by atoms with Gasteiger partial charge < -0.3 is 0 Å². The van der Waals surface area contributed by atoms with Crippen LogP contribution in [0.2, 0.25) is 0 Å². The highest BCUT2D eigenvalue weighted by atomic mass is 32.0. The second-order valence-electron chi connectivity index (χ2n) is 3.01. The van der Waals surface area contributed by atoms with Gasteiger partial charge in [0.05, 0.1) is 6.16 Å². The van der Waals surface area contributed by atoms with Gasteiger partial charge in [-0.2, -0.15) is 0 Å². The molecule has 0 heterocycles. The summed E-state index contributed by atoms with van der Waals surface area (Å²) in [6, 6.07) is 0. The molecule has 11 heavy (non-hydrogen) atoms. The first-order valence-corrected chi connectivity index (χ1v) is 8.80. The highest BCUT2D eigenvalue weighted by molar-refractivity contribution is 8.11. The molecule has 0 radical (unpaired) electrons. The minimum atomic E-state index is 0.838. The third-order valence-corrected chi connectivity index (χ3v) is 6.15. The van der Waals surface area contributed by atoms with Crippen molar-refractivity contribution >= 4 is 16.5 Å². The van der Waals surface area contributed by atoms with E-state index in [9.17, 15) is 0 Å². The maximum absolute atomic E-state index is 2.30. The van der Waals surface area contributed by atoms with Gasteiger partial charge in [0.15, 0.2) is 0 Å². The first-order chi connectivity index (χ1) is 5.41. The summed E-state index contributed by atoms with van der Waals surface area (Å²) in [5.41, 5.74) is 0. The summed E-state index contributed by atoms with van der Waals surface area (Å²) in [7, 11) is 2.17. The molecular formula is C9H23P2+. The molecule has 0 nitrogen and oxygen atoms in total. The average molecular weight is 193 g/mol. The van der Waals surface area contributed by atoms with Crippen molar-refractivity contribution in [3.05, 3.63) is 0 Å². The van der Waals surface area contributed by atoms with Crippen molar-refractivity contribution in [1.29, 1.82) is 0 Å². The van der Waals surface area contributed by atoms with E-state index in [0.717, 1.165) is 8.27 Å². The Balaban J connectivity index is 2.69. The molecule has 0 N–H and O–H groups in total. The monoisotopic (exact) mass is 193 g/mol. The van der Waals surface area contributed by atoms with Gasteiger partial charge in [0.25, 0.3) is 0 Å². The fraction of sp³-hybridized carbons (Fsp3) is 1.00. The maximum atomic E-state index is 2.30. The van der Waals surface area contributed by atoms with E-state index in [1.807, 2.05) is 0 Å². The lowest BCUT2D eigenvalue weighted by atomic mass is 10.2. The van der Waals surface area contributed by atoms with Gasteiger partial charge in [-0.25, -0.2) is 0 Å². The molecule has 0 aliphatic rings. The van der Waals surface area contributed by atoms with E-state index in [4.69, 9.17) is 0 Å². The molecule has 0 bridgehead atoms. The summed E-state index contributed by atoms with van der Waals surface area (Å²) < 4.78 is 0. The Kier molecular flexibility index (Phi) is 11.7. The van der Waals surface area contributed by atoms with E-state index < -0.39 is 0 Å². The molecule has 0 saturated carbocycles. The van der Waals surface area contributed by atoms with Crippen molar-refractivity contribution in [3.63, 3.8) is 0 Å². The Hall–Kier alpha value is 0.860. The molecule has 68 valence electrons. The molecule has 0 fully saturated rings. The Morgan fingerprint density at radius 2 is 1.82 bits per heavy atom. The van der Waals surface area contributed by atoms with Gasteiger partial charge >= 0.3 is 0 Å². The normalized spacial score (nSPS) is 12.5. The topological polar surface area (TPSA) is 0 Å². The molecule has 0 aliphatic carbocycles. The maximum Gasteiger partial charge on any atom is 0.0566 e. The molecule has 0 aromatic carbocycles. The SMILES string of the molecule is CCCCCCP[PH2+]CCC. The lowest BCUT2D eigenvalue weighted by Crippen LogP contribution is -1.76. The Morgan fingerprint density at radius 3 is 2.45 bits per heavy atom. The largest absolute Gasteiger partial charge is 0.0654 e. The van der Waals surface area contributed by atoms with Gasteiger partial charge in [-0.15, -0.1) is 0 Å². The van der Waals surface area contributed by atoms with Crippen LogP contribution in [-0.2, 0) is 0 Å². The first kappa shape index (κ1) is 11.9. The predicted octanol–water partition coefficient (Wildman–Crippen LogP) is 3.98. The summed E-state index contributed by atoms with van der Waals surface area (Å²) >= 11 is 0. The molecule has 2 unspecified atom stereocenters. The minimum Gasteiger partial charge on any atom is -0.0654 e. The van der Waals surface area contributed by atoms with E-state index in [2.05, 4.69) is 13.8 Å². The van der Waals surface area contributed by atoms with Gasteiger partial charge in [-0.3, -0.25) is 0 Å². The number of unbranched alkanes of at least 4 members (excludes halogenated alkanes) is 3. The van der Waals surface area contributed by atoms with E-state index >= 15 is 0 Å². The molecule has 0 spiro atoms. The molecule has 2 heteroatoms. The number of hydrogen-bond donors (Lipinski definition) is 0. The lowest BCUT2D eigenvalue weighted by Gasteiger charge is -1.95. The molecule has 0 aliphatic heterocycles. The second-order valence-corrected chi connectivity index (χ2v) is 7.35. The fourth-order valence-corrected chi connectivity index (χ4v) is 4.86. The van der Waals surface area contributed by atoms with Crippen LogP contribution in [0.1, 0.15) is 46.0 Å². The molecule has 0 rings (SSSR count). The standard InChI is InChI=1S/C9H22P2/c1-3-5-6-7-9-11-10-8-4-2/h10-11H,3-9H2,1-2H3/p+1. The zero-order valence-electron chi connectivity index (χ0n) is 8.03. The van der Waals surface area contributed by atoms with Gasteiger partial charge in [0, 0.05) is 16.5 Å². The Bertz CT molecular complexity index is 56.6. The fourth-order valence-electron chi connectivity index (χ4n) is 1.00. The highest BCUT2D eigenvalue weighted by Crippen LogP contribution is 2.37. The molecule has 0 amide bonds. The zero-order valence-corrected chi connectivity index (χ0v) is 10.2. The predicted molar refractivity (Wildman–Crippen MR) is 62.2 cm³/mol. The van der Waals surface area contributed by atoms with Crippen molar-refractivity contribution in [2.45, 2.75) is 46.0 Å². The third-order valence-electron chi connectivity index (χ3n) is 1.75. The smallest absolute Gasteiger partial charge is 0.0566 e. The van der Waals surface area contributed by atoms with Gasteiger partial charge in [-0.1, -0.05) is 33.1 Å². The van der Waals surface area contributed by atoms with Crippen LogP contribution in [-0.4, -0.2) is 12.3 Å². The molecule has 0 aromatic heterocycles. The van der Waals surface area contributed by atoms with E-state index in [1.54, 1.807) is 0 Å². The van der Waals surface area contributed by atoms with Crippen molar-refractivity contribution in [3.8, 4) is 0 Å². The molecular weight excluding hydrogens is 170 g/mol. The van der Waals surface area contributed by atoms with Gasteiger partial charge in [0.2, 0.25) is 0 Å². The van der Waals surface area contributed by atoms with Crippen LogP contribution in [0.15, 0.2) is 0 Å². The zero-order chi connectivity index (χ0) is 8.36. The number of rotatable bonds is 8. The summed E-state index contributed by atoms with van der Waals surface area (Å²) in [6.45, 7) is 4.58. The molecule has 2 atom stereocenters. The van der Waals surface area contributed by atoms with Crippen LogP contribution in [0.5, 0.6) is 0 Å². The van der Waals surface area contributed by atoms with Crippen LogP contribution in [0.4, 0.5) is 0 Å². The van der Waals surface area contributed by atoms with E-state index in [0.29, 0.717) is 0 Å². The van der Waals surface area contributed by atoms with Crippen LogP contribution >= 0.6 is 16.5 Å². The average Bonchev–Trinajstić information content (AvgIpc) is 2.03.